The second-order valence-electron chi connectivity index (χ2n) is 4.19. The zero-order chi connectivity index (χ0) is 15.4. The molecule has 0 bridgehead atoms. The van der Waals surface area contributed by atoms with E-state index in [0.29, 0.717) is 28.3 Å². The predicted molar refractivity (Wildman–Crippen MR) is 75.5 cm³/mol. The van der Waals surface area contributed by atoms with Gasteiger partial charge in [-0.1, -0.05) is 0 Å². The third-order valence-electron chi connectivity index (χ3n) is 2.73. The maximum atomic E-state index is 11.6. The van der Waals surface area contributed by atoms with Gasteiger partial charge in [-0.05, 0) is 30.7 Å². The van der Waals surface area contributed by atoms with E-state index in [2.05, 4.69) is 4.98 Å². The highest BCUT2D eigenvalue weighted by Gasteiger charge is 2.13. The molecule has 2 rings (SSSR count). The van der Waals surface area contributed by atoms with Crippen molar-refractivity contribution in [1.82, 2.24) is 4.98 Å². The largest absolute Gasteiger partial charge is 0.493 e. The van der Waals surface area contributed by atoms with Crippen LogP contribution in [-0.4, -0.2) is 24.7 Å². The lowest BCUT2D eigenvalue weighted by Crippen LogP contribution is -2.06. The van der Waals surface area contributed by atoms with Gasteiger partial charge in [0.25, 0.3) is 0 Å². The maximum Gasteiger partial charge on any atom is 0.348 e. The SMILES string of the molecule is CCOC(=O)C(C#N)=Cc1cc(OC)c2oc(C)nc2c1. The number of oxazole rings is 1. The van der Waals surface area contributed by atoms with Crippen LogP contribution in [0.2, 0.25) is 0 Å². The Morgan fingerprint density at radius 2 is 2.29 bits per heavy atom. The summed E-state index contributed by atoms with van der Waals surface area (Å²) in [6.45, 7) is 3.62. The van der Waals surface area contributed by atoms with Gasteiger partial charge in [-0.2, -0.15) is 5.26 Å². The minimum absolute atomic E-state index is 0.0848. The second kappa shape index (κ2) is 6.09. The lowest BCUT2D eigenvalue weighted by Gasteiger charge is -2.03. The van der Waals surface area contributed by atoms with E-state index in [-0.39, 0.29) is 12.2 Å². The maximum absolute atomic E-state index is 11.6. The van der Waals surface area contributed by atoms with Crippen molar-refractivity contribution >= 4 is 23.1 Å². The van der Waals surface area contributed by atoms with Crippen molar-refractivity contribution in [2.45, 2.75) is 13.8 Å². The number of aromatic nitrogens is 1. The van der Waals surface area contributed by atoms with Crippen LogP contribution in [0.3, 0.4) is 0 Å². The van der Waals surface area contributed by atoms with E-state index in [9.17, 15) is 4.79 Å². The summed E-state index contributed by atoms with van der Waals surface area (Å²) in [5.74, 6) is 0.339. The zero-order valence-corrected chi connectivity index (χ0v) is 12.0. The molecule has 0 saturated carbocycles. The number of carbonyl (C=O) groups is 1. The molecule has 0 radical (unpaired) electrons. The van der Waals surface area contributed by atoms with Crippen molar-refractivity contribution < 1.29 is 18.7 Å². The van der Waals surface area contributed by atoms with Crippen LogP contribution in [-0.2, 0) is 9.53 Å². The molecule has 0 N–H and O–H groups in total. The molecule has 2 aromatic rings. The summed E-state index contributed by atoms with van der Waals surface area (Å²) >= 11 is 0. The van der Waals surface area contributed by atoms with Crippen molar-refractivity contribution in [3.05, 3.63) is 29.2 Å². The van der Waals surface area contributed by atoms with Crippen LogP contribution in [0.1, 0.15) is 18.4 Å². The number of hydrogen-bond donors (Lipinski definition) is 0. The summed E-state index contributed by atoms with van der Waals surface area (Å²) in [6.07, 6.45) is 1.43. The summed E-state index contributed by atoms with van der Waals surface area (Å²) in [5, 5.41) is 9.04. The first-order valence-corrected chi connectivity index (χ1v) is 6.33. The van der Waals surface area contributed by atoms with Gasteiger partial charge in [-0.25, -0.2) is 9.78 Å². The number of esters is 1. The summed E-state index contributed by atoms with van der Waals surface area (Å²) in [4.78, 5) is 15.8. The fourth-order valence-electron chi connectivity index (χ4n) is 1.88. The molecule has 0 amide bonds. The van der Waals surface area contributed by atoms with Crippen molar-refractivity contribution in [2.75, 3.05) is 13.7 Å². The average molecular weight is 286 g/mol. The van der Waals surface area contributed by atoms with Gasteiger partial charge in [0, 0.05) is 6.92 Å². The van der Waals surface area contributed by atoms with Crippen molar-refractivity contribution in [2.24, 2.45) is 0 Å². The molecule has 0 aliphatic carbocycles. The van der Waals surface area contributed by atoms with Gasteiger partial charge in [0.05, 0.1) is 13.7 Å². The lowest BCUT2D eigenvalue weighted by atomic mass is 10.1. The Kier molecular flexibility index (Phi) is 4.24. The number of nitrogens with zero attached hydrogens (tertiary/aromatic N) is 2. The molecule has 21 heavy (non-hydrogen) atoms. The van der Waals surface area contributed by atoms with Crippen LogP contribution in [0.15, 0.2) is 22.1 Å². The monoisotopic (exact) mass is 286 g/mol. The molecule has 6 heteroatoms. The third kappa shape index (κ3) is 3.03. The third-order valence-corrected chi connectivity index (χ3v) is 2.73. The summed E-state index contributed by atoms with van der Waals surface area (Å²) in [6, 6.07) is 5.21. The standard InChI is InChI=1S/C15H14N2O4/c1-4-20-15(18)11(8-16)5-10-6-12-14(13(7-10)19-3)21-9(2)17-12/h5-7H,4H2,1-3H3. The Morgan fingerprint density at radius 1 is 1.52 bits per heavy atom. The Balaban J connectivity index is 2.51. The van der Waals surface area contributed by atoms with Crippen LogP contribution < -0.4 is 4.74 Å². The number of carbonyl (C=O) groups excluding carboxylic acids is 1. The first-order chi connectivity index (χ1) is 10.1. The molecule has 1 aromatic heterocycles. The summed E-state index contributed by atoms with van der Waals surface area (Å²) in [5.41, 5.74) is 1.65. The van der Waals surface area contributed by atoms with E-state index in [1.165, 1.54) is 13.2 Å². The topological polar surface area (TPSA) is 85.4 Å². The molecule has 0 unspecified atom stereocenters. The van der Waals surface area contributed by atoms with E-state index in [1.807, 2.05) is 6.07 Å². The molecule has 1 aromatic carbocycles. The van der Waals surface area contributed by atoms with Crippen LogP contribution >= 0.6 is 0 Å². The number of rotatable bonds is 4. The van der Waals surface area contributed by atoms with Crippen LogP contribution in [0, 0.1) is 18.3 Å². The molecular weight excluding hydrogens is 272 g/mol. The first-order valence-electron chi connectivity index (χ1n) is 6.33. The van der Waals surface area contributed by atoms with Crippen molar-refractivity contribution in [3.8, 4) is 11.8 Å². The van der Waals surface area contributed by atoms with E-state index in [1.54, 1.807) is 26.0 Å². The van der Waals surface area contributed by atoms with Crippen LogP contribution in [0.4, 0.5) is 0 Å². The smallest absolute Gasteiger partial charge is 0.348 e. The predicted octanol–water partition coefficient (Wildman–Crippen LogP) is 2.61. The molecule has 0 aliphatic heterocycles. The van der Waals surface area contributed by atoms with E-state index in [0.717, 1.165) is 0 Å². The highest BCUT2D eigenvalue weighted by Crippen LogP contribution is 2.29. The number of methoxy groups -OCH3 is 1. The van der Waals surface area contributed by atoms with Crippen molar-refractivity contribution in [3.63, 3.8) is 0 Å². The Bertz CT molecular complexity index is 753. The van der Waals surface area contributed by atoms with Gasteiger partial charge in [0.15, 0.2) is 17.2 Å². The summed E-state index contributed by atoms with van der Waals surface area (Å²) in [7, 11) is 1.51. The highest BCUT2D eigenvalue weighted by atomic mass is 16.5. The van der Waals surface area contributed by atoms with E-state index >= 15 is 0 Å². The van der Waals surface area contributed by atoms with Crippen LogP contribution in [0.5, 0.6) is 5.75 Å². The van der Waals surface area contributed by atoms with Gasteiger partial charge in [-0.15, -0.1) is 0 Å². The minimum Gasteiger partial charge on any atom is -0.493 e. The molecule has 1 heterocycles. The molecule has 6 nitrogen and oxygen atoms in total. The molecule has 108 valence electrons. The Morgan fingerprint density at radius 3 is 2.90 bits per heavy atom. The van der Waals surface area contributed by atoms with Gasteiger partial charge in [0.2, 0.25) is 0 Å². The summed E-state index contributed by atoms with van der Waals surface area (Å²) < 4.78 is 15.5. The Hall–Kier alpha value is -2.81. The molecule has 0 saturated heterocycles. The zero-order valence-electron chi connectivity index (χ0n) is 12.0. The minimum atomic E-state index is -0.657. The fraction of sp³-hybridized carbons (Fsp3) is 0.267. The quantitative estimate of drug-likeness (QED) is 0.488. The number of aryl methyl sites for hydroxylation is 1. The molecule has 0 atom stereocenters. The average Bonchev–Trinajstić information content (AvgIpc) is 2.84. The van der Waals surface area contributed by atoms with Gasteiger partial charge in [-0.3, -0.25) is 0 Å². The molecular formula is C15H14N2O4. The molecule has 0 aliphatic rings. The number of fused-ring (bicyclic) bond motifs is 1. The van der Waals surface area contributed by atoms with Crippen LogP contribution in [0.25, 0.3) is 17.2 Å². The van der Waals surface area contributed by atoms with Gasteiger partial charge in [0.1, 0.15) is 17.2 Å². The Labute approximate surface area is 121 Å². The number of nitriles is 1. The normalized spacial score (nSPS) is 11.2. The second-order valence-corrected chi connectivity index (χ2v) is 4.19. The number of hydrogen-bond acceptors (Lipinski definition) is 6. The number of ether oxygens (including phenoxy) is 2. The molecule has 0 spiro atoms. The fourth-order valence-corrected chi connectivity index (χ4v) is 1.88. The first kappa shape index (κ1) is 14.6. The molecule has 0 fully saturated rings. The van der Waals surface area contributed by atoms with Gasteiger partial charge < -0.3 is 13.9 Å². The van der Waals surface area contributed by atoms with Gasteiger partial charge >= 0.3 is 5.97 Å². The van der Waals surface area contributed by atoms with Crippen molar-refractivity contribution in [1.29, 1.82) is 5.26 Å². The van der Waals surface area contributed by atoms with E-state index < -0.39 is 5.97 Å². The number of benzene rings is 1. The lowest BCUT2D eigenvalue weighted by molar-refractivity contribution is -0.137. The highest BCUT2D eigenvalue weighted by molar-refractivity contribution is 5.98. The van der Waals surface area contributed by atoms with E-state index in [4.69, 9.17) is 19.2 Å².